The van der Waals surface area contributed by atoms with Gasteiger partial charge in [-0.05, 0) is 66.9 Å². The first-order valence-electron chi connectivity index (χ1n) is 10.6. The van der Waals surface area contributed by atoms with Gasteiger partial charge in [-0.1, -0.05) is 20.8 Å². The number of carbonyl (C=O) groups is 2. The molecular formula is C24H28N2O5S. The summed E-state index contributed by atoms with van der Waals surface area (Å²) in [6, 6.07) is 5.91. The lowest BCUT2D eigenvalue weighted by Gasteiger charge is -2.33. The fourth-order valence-electron chi connectivity index (χ4n) is 3.87. The first kappa shape index (κ1) is 23.7. The fraction of sp³-hybridized carbons (Fsp3) is 0.417. The van der Waals surface area contributed by atoms with Crippen LogP contribution in [0.3, 0.4) is 0 Å². The number of ether oxygens (including phenoxy) is 1. The third-order valence-electron chi connectivity index (χ3n) is 5.74. The highest BCUT2D eigenvalue weighted by Crippen LogP contribution is 2.44. The third kappa shape index (κ3) is 5.43. The molecule has 1 N–H and O–H groups in total. The molecule has 1 aromatic heterocycles. The summed E-state index contributed by atoms with van der Waals surface area (Å²) in [5.41, 5.74) is 2.28. The molecule has 2 aromatic rings. The van der Waals surface area contributed by atoms with Crippen LogP contribution in [0.25, 0.3) is 6.08 Å². The molecule has 170 valence electrons. The van der Waals surface area contributed by atoms with Crippen molar-refractivity contribution in [2.45, 2.75) is 47.0 Å². The average Bonchev–Trinajstić information content (AvgIpc) is 3.09. The van der Waals surface area contributed by atoms with Crippen molar-refractivity contribution in [1.29, 1.82) is 0 Å². The second kappa shape index (κ2) is 9.65. The molecule has 3 rings (SSSR count). The maximum absolute atomic E-state index is 12.7. The van der Waals surface area contributed by atoms with Crippen LogP contribution >= 0.6 is 11.3 Å². The van der Waals surface area contributed by atoms with E-state index in [0.717, 1.165) is 29.7 Å². The van der Waals surface area contributed by atoms with Gasteiger partial charge in [0.1, 0.15) is 5.00 Å². The first-order chi connectivity index (χ1) is 15.1. The van der Waals surface area contributed by atoms with Gasteiger partial charge >= 0.3 is 5.97 Å². The lowest BCUT2D eigenvalue weighted by Crippen LogP contribution is -2.26. The molecule has 0 saturated carbocycles. The average molecular weight is 457 g/mol. The highest BCUT2D eigenvalue weighted by Gasteiger charge is 2.34. The Hall–Kier alpha value is -3.00. The van der Waals surface area contributed by atoms with Crippen LogP contribution in [0.15, 0.2) is 30.3 Å². The highest BCUT2D eigenvalue weighted by molar-refractivity contribution is 7.17. The van der Waals surface area contributed by atoms with Gasteiger partial charge in [0.25, 0.3) is 5.69 Å². The molecule has 0 fully saturated rings. The second-order valence-corrected chi connectivity index (χ2v) is 10.0. The molecule has 0 saturated heterocycles. The van der Waals surface area contributed by atoms with E-state index < -0.39 is 10.9 Å². The van der Waals surface area contributed by atoms with E-state index in [1.54, 1.807) is 25.1 Å². The summed E-state index contributed by atoms with van der Waals surface area (Å²) in [6.07, 6.45) is 5.59. The zero-order chi connectivity index (χ0) is 23.5. The van der Waals surface area contributed by atoms with E-state index in [1.807, 2.05) is 0 Å². The van der Waals surface area contributed by atoms with Crippen molar-refractivity contribution in [1.82, 2.24) is 0 Å². The quantitative estimate of drug-likeness (QED) is 0.263. The van der Waals surface area contributed by atoms with Gasteiger partial charge in [-0.15, -0.1) is 11.3 Å². The van der Waals surface area contributed by atoms with Gasteiger partial charge in [0.15, 0.2) is 0 Å². The number of esters is 1. The largest absolute Gasteiger partial charge is 0.462 e. The van der Waals surface area contributed by atoms with Crippen molar-refractivity contribution in [2.75, 3.05) is 11.9 Å². The van der Waals surface area contributed by atoms with Gasteiger partial charge in [0.2, 0.25) is 5.91 Å². The molecule has 1 amide bonds. The Morgan fingerprint density at radius 2 is 1.97 bits per heavy atom. The number of benzene rings is 1. The van der Waals surface area contributed by atoms with Gasteiger partial charge in [-0.25, -0.2) is 4.79 Å². The summed E-state index contributed by atoms with van der Waals surface area (Å²) in [4.78, 5) is 36.7. The molecule has 1 aliphatic rings. The van der Waals surface area contributed by atoms with Crippen molar-refractivity contribution in [3.05, 3.63) is 62.0 Å². The molecule has 0 bridgehead atoms. The maximum Gasteiger partial charge on any atom is 0.341 e. The molecule has 1 atom stereocenters. The molecular weight excluding hydrogens is 428 g/mol. The molecule has 1 aromatic carbocycles. The molecule has 1 aliphatic carbocycles. The highest BCUT2D eigenvalue weighted by atomic mass is 32.1. The van der Waals surface area contributed by atoms with E-state index in [0.29, 0.717) is 22.0 Å². The second-order valence-electron chi connectivity index (χ2n) is 8.91. The predicted molar refractivity (Wildman–Crippen MR) is 126 cm³/mol. The number of rotatable bonds is 6. The van der Waals surface area contributed by atoms with Gasteiger partial charge in [0.05, 0.1) is 17.1 Å². The number of amides is 1. The number of nitrogens with zero attached hydrogens (tertiary/aromatic N) is 1. The Morgan fingerprint density at radius 3 is 2.56 bits per heavy atom. The maximum atomic E-state index is 12.7. The normalized spacial score (nSPS) is 15.9. The summed E-state index contributed by atoms with van der Waals surface area (Å²) in [6.45, 7) is 8.72. The molecule has 0 radical (unpaired) electrons. The number of nitro groups is 1. The number of anilines is 1. The van der Waals surface area contributed by atoms with Crippen LogP contribution in [0.1, 0.15) is 60.5 Å². The predicted octanol–water partition coefficient (Wildman–Crippen LogP) is 5.64. The van der Waals surface area contributed by atoms with Crippen LogP contribution in [0.4, 0.5) is 10.7 Å². The number of thiophene rings is 1. The van der Waals surface area contributed by atoms with Gasteiger partial charge in [-0.2, -0.15) is 0 Å². The SMILES string of the molecule is CCOC(=O)c1c(NC(=O)/C=C/c2ccc([N+](=O)[O-])cc2)sc2c1CCC(C(C)(C)C)C2. The Morgan fingerprint density at radius 1 is 1.28 bits per heavy atom. The fourth-order valence-corrected chi connectivity index (χ4v) is 5.18. The summed E-state index contributed by atoms with van der Waals surface area (Å²) in [5.74, 6) is -0.275. The molecule has 32 heavy (non-hydrogen) atoms. The zero-order valence-corrected chi connectivity index (χ0v) is 19.6. The number of nitro benzene ring substituents is 1. The first-order valence-corrected chi connectivity index (χ1v) is 11.5. The van der Waals surface area contributed by atoms with Crippen molar-refractivity contribution >= 4 is 40.0 Å². The number of hydrogen-bond donors (Lipinski definition) is 1. The van der Waals surface area contributed by atoms with Crippen molar-refractivity contribution in [3.63, 3.8) is 0 Å². The monoisotopic (exact) mass is 456 g/mol. The Bertz CT molecular complexity index is 1050. The number of hydrogen-bond acceptors (Lipinski definition) is 6. The standard InChI is InChI=1S/C24H28N2O5S/c1-5-31-23(28)21-18-12-9-16(24(2,3)4)14-19(18)32-22(21)25-20(27)13-8-15-6-10-17(11-7-15)26(29)30/h6-8,10-11,13,16H,5,9,12,14H2,1-4H3,(H,25,27)/b13-8+. The minimum Gasteiger partial charge on any atom is -0.462 e. The lowest BCUT2D eigenvalue weighted by atomic mass is 9.72. The summed E-state index contributed by atoms with van der Waals surface area (Å²) < 4.78 is 5.27. The van der Waals surface area contributed by atoms with E-state index >= 15 is 0 Å². The van der Waals surface area contributed by atoms with Crippen molar-refractivity contribution in [2.24, 2.45) is 11.3 Å². The van der Waals surface area contributed by atoms with Gasteiger partial charge in [0, 0.05) is 23.1 Å². The van der Waals surface area contributed by atoms with E-state index in [9.17, 15) is 19.7 Å². The summed E-state index contributed by atoms with van der Waals surface area (Å²) in [5, 5.41) is 14.1. The zero-order valence-electron chi connectivity index (χ0n) is 18.8. The number of non-ortho nitro benzene ring substituents is 1. The molecule has 1 heterocycles. The molecule has 1 unspecified atom stereocenters. The van der Waals surface area contributed by atoms with Crippen LogP contribution in [-0.4, -0.2) is 23.4 Å². The van der Waals surface area contributed by atoms with Crippen molar-refractivity contribution < 1.29 is 19.2 Å². The van der Waals surface area contributed by atoms with E-state index in [4.69, 9.17) is 4.74 Å². The summed E-state index contributed by atoms with van der Waals surface area (Å²) in [7, 11) is 0. The van der Waals surface area contributed by atoms with Crippen LogP contribution < -0.4 is 5.32 Å². The van der Waals surface area contributed by atoms with Crippen LogP contribution in [0.2, 0.25) is 0 Å². The Kier molecular flexibility index (Phi) is 7.13. The molecule has 0 aliphatic heterocycles. The minimum absolute atomic E-state index is 0.0107. The Balaban J connectivity index is 1.81. The van der Waals surface area contributed by atoms with Crippen molar-refractivity contribution in [3.8, 4) is 0 Å². The van der Waals surface area contributed by atoms with Crippen LogP contribution in [-0.2, 0) is 22.4 Å². The number of nitrogens with one attached hydrogen (secondary N) is 1. The van der Waals surface area contributed by atoms with Crippen LogP contribution in [0.5, 0.6) is 0 Å². The number of fused-ring (bicyclic) bond motifs is 1. The molecule has 8 heteroatoms. The topological polar surface area (TPSA) is 98.5 Å². The number of carbonyl (C=O) groups excluding carboxylic acids is 2. The van der Waals surface area contributed by atoms with Gasteiger partial charge in [-0.3, -0.25) is 14.9 Å². The summed E-state index contributed by atoms with van der Waals surface area (Å²) >= 11 is 1.45. The van der Waals surface area contributed by atoms with E-state index in [-0.39, 0.29) is 23.6 Å². The minimum atomic E-state index is -0.472. The van der Waals surface area contributed by atoms with E-state index in [2.05, 4.69) is 26.1 Å². The van der Waals surface area contributed by atoms with Crippen LogP contribution in [0, 0.1) is 21.4 Å². The molecule has 0 spiro atoms. The molecule has 7 nitrogen and oxygen atoms in total. The smallest absolute Gasteiger partial charge is 0.341 e. The van der Waals surface area contributed by atoms with Gasteiger partial charge < -0.3 is 10.1 Å². The van der Waals surface area contributed by atoms with E-state index in [1.165, 1.54) is 29.5 Å². The lowest BCUT2D eigenvalue weighted by molar-refractivity contribution is -0.384. The Labute approximate surface area is 191 Å². The third-order valence-corrected chi connectivity index (χ3v) is 6.91.